The summed E-state index contributed by atoms with van der Waals surface area (Å²) in [6.45, 7) is 8.40. The fourth-order valence-corrected chi connectivity index (χ4v) is 1.78. The maximum absolute atomic E-state index is 12.1. The van der Waals surface area contributed by atoms with Gasteiger partial charge >= 0.3 is 0 Å². The molecule has 0 atom stereocenters. The number of nitrogens with one attached hydrogen (secondary N) is 2. The van der Waals surface area contributed by atoms with E-state index in [-0.39, 0.29) is 16.9 Å². The predicted octanol–water partition coefficient (Wildman–Crippen LogP) is 0.917. The molecule has 0 unspecified atom stereocenters. The summed E-state index contributed by atoms with van der Waals surface area (Å²) >= 11 is 0. The molecule has 94 valence electrons. The first kappa shape index (κ1) is 13.5. The summed E-state index contributed by atoms with van der Waals surface area (Å²) in [7, 11) is 1.67. The molecule has 0 saturated carbocycles. The van der Waals surface area contributed by atoms with Gasteiger partial charge in [-0.2, -0.15) is 0 Å². The fraction of sp³-hybridized carbons (Fsp3) is 0.917. The molecule has 1 saturated heterocycles. The van der Waals surface area contributed by atoms with Crippen LogP contribution in [0.3, 0.4) is 0 Å². The molecule has 1 heterocycles. The zero-order valence-corrected chi connectivity index (χ0v) is 10.9. The Kier molecular flexibility index (Phi) is 4.33. The molecular formula is C12H24N2O2. The minimum atomic E-state index is -0.293. The van der Waals surface area contributed by atoms with E-state index in [1.165, 1.54) is 0 Å². The predicted molar refractivity (Wildman–Crippen MR) is 64.3 cm³/mol. The van der Waals surface area contributed by atoms with E-state index in [0.29, 0.717) is 6.54 Å². The highest BCUT2D eigenvalue weighted by Crippen LogP contribution is 2.28. The van der Waals surface area contributed by atoms with Crippen molar-refractivity contribution >= 4 is 5.91 Å². The standard InChI is InChI=1S/C12H24N2O2/c1-11(2,16-4)9-14-10(15)12(3)5-7-13-8-6-12/h13H,5-9H2,1-4H3,(H,14,15). The van der Waals surface area contributed by atoms with Gasteiger partial charge in [-0.25, -0.2) is 0 Å². The van der Waals surface area contributed by atoms with Crippen LogP contribution in [0.4, 0.5) is 0 Å². The van der Waals surface area contributed by atoms with E-state index in [1.54, 1.807) is 7.11 Å². The Morgan fingerprint density at radius 2 is 2.00 bits per heavy atom. The molecule has 0 aromatic heterocycles. The Bertz CT molecular complexity index is 245. The largest absolute Gasteiger partial charge is 0.377 e. The lowest BCUT2D eigenvalue weighted by atomic mass is 9.80. The minimum absolute atomic E-state index is 0.152. The Balaban J connectivity index is 2.45. The number of rotatable bonds is 4. The number of hydrogen-bond acceptors (Lipinski definition) is 3. The van der Waals surface area contributed by atoms with Crippen LogP contribution in [0.15, 0.2) is 0 Å². The first-order chi connectivity index (χ1) is 7.40. The Morgan fingerprint density at radius 3 is 2.50 bits per heavy atom. The van der Waals surface area contributed by atoms with E-state index < -0.39 is 0 Å². The smallest absolute Gasteiger partial charge is 0.226 e. The Hall–Kier alpha value is -0.610. The van der Waals surface area contributed by atoms with Crippen LogP contribution in [0.2, 0.25) is 0 Å². The summed E-state index contributed by atoms with van der Waals surface area (Å²) in [5.74, 6) is 0.152. The molecule has 1 aliphatic rings. The number of carbonyl (C=O) groups is 1. The van der Waals surface area contributed by atoms with E-state index in [9.17, 15) is 4.79 Å². The molecule has 16 heavy (non-hydrogen) atoms. The molecule has 0 spiro atoms. The third-order valence-electron chi connectivity index (χ3n) is 3.48. The molecule has 0 aromatic rings. The molecule has 4 heteroatoms. The average Bonchev–Trinajstić information content (AvgIpc) is 2.27. The SMILES string of the molecule is COC(C)(C)CNC(=O)C1(C)CCNCC1. The lowest BCUT2D eigenvalue weighted by Crippen LogP contribution is -2.49. The summed E-state index contributed by atoms with van der Waals surface area (Å²) in [4.78, 5) is 12.1. The lowest BCUT2D eigenvalue weighted by Gasteiger charge is -2.34. The third-order valence-corrected chi connectivity index (χ3v) is 3.48. The summed E-state index contributed by atoms with van der Waals surface area (Å²) in [5.41, 5.74) is -0.506. The first-order valence-electron chi connectivity index (χ1n) is 5.94. The lowest BCUT2D eigenvalue weighted by molar-refractivity contribution is -0.132. The second kappa shape index (κ2) is 5.15. The van der Waals surface area contributed by atoms with E-state index in [2.05, 4.69) is 10.6 Å². The van der Waals surface area contributed by atoms with Crippen molar-refractivity contribution in [1.29, 1.82) is 0 Å². The van der Waals surface area contributed by atoms with Crippen molar-refractivity contribution in [2.24, 2.45) is 5.41 Å². The number of hydrogen-bond donors (Lipinski definition) is 2. The van der Waals surface area contributed by atoms with Crippen LogP contribution in [0.25, 0.3) is 0 Å². The quantitative estimate of drug-likeness (QED) is 0.752. The zero-order chi connectivity index (χ0) is 12.2. The summed E-state index contributed by atoms with van der Waals surface area (Å²) in [5, 5.41) is 6.27. The van der Waals surface area contributed by atoms with Gasteiger partial charge in [-0.1, -0.05) is 6.92 Å². The van der Waals surface area contributed by atoms with Crippen molar-refractivity contribution in [1.82, 2.24) is 10.6 Å². The van der Waals surface area contributed by atoms with Gasteiger partial charge < -0.3 is 15.4 Å². The van der Waals surface area contributed by atoms with Crippen LogP contribution in [-0.4, -0.2) is 38.3 Å². The minimum Gasteiger partial charge on any atom is -0.377 e. The van der Waals surface area contributed by atoms with Gasteiger partial charge in [0.2, 0.25) is 5.91 Å². The molecule has 0 radical (unpaired) electrons. The number of piperidine rings is 1. The van der Waals surface area contributed by atoms with E-state index in [1.807, 2.05) is 20.8 Å². The summed E-state index contributed by atoms with van der Waals surface area (Å²) < 4.78 is 5.28. The first-order valence-corrected chi connectivity index (χ1v) is 5.94. The van der Waals surface area contributed by atoms with Gasteiger partial charge in [-0.3, -0.25) is 4.79 Å². The second-order valence-electron chi connectivity index (χ2n) is 5.46. The fourth-order valence-electron chi connectivity index (χ4n) is 1.78. The van der Waals surface area contributed by atoms with Gasteiger partial charge in [0.1, 0.15) is 0 Å². The second-order valence-corrected chi connectivity index (χ2v) is 5.46. The maximum atomic E-state index is 12.1. The van der Waals surface area contributed by atoms with Crippen LogP contribution in [0.5, 0.6) is 0 Å². The van der Waals surface area contributed by atoms with Gasteiger partial charge in [0.25, 0.3) is 0 Å². The monoisotopic (exact) mass is 228 g/mol. The van der Waals surface area contributed by atoms with Crippen molar-refractivity contribution in [3.8, 4) is 0 Å². The average molecular weight is 228 g/mol. The maximum Gasteiger partial charge on any atom is 0.226 e. The van der Waals surface area contributed by atoms with Gasteiger partial charge in [0.15, 0.2) is 0 Å². The van der Waals surface area contributed by atoms with Crippen LogP contribution in [0, 0.1) is 5.41 Å². The van der Waals surface area contributed by atoms with Gasteiger partial charge in [0, 0.05) is 19.1 Å². The van der Waals surface area contributed by atoms with Gasteiger partial charge in [0.05, 0.1) is 5.60 Å². The molecule has 1 rings (SSSR count). The normalized spacial score (nSPS) is 20.5. The van der Waals surface area contributed by atoms with Crippen LogP contribution < -0.4 is 10.6 Å². The summed E-state index contributed by atoms with van der Waals surface area (Å²) in [6.07, 6.45) is 1.82. The molecule has 4 nitrogen and oxygen atoms in total. The molecular weight excluding hydrogens is 204 g/mol. The van der Waals surface area contributed by atoms with Crippen molar-refractivity contribution in [3.63, 3.8) is 0 Å². The van der Waals surface area contributed by atoms with Crippen LogP contribution in [-0.2, 0) is 9.53 Å². The highest BCUT2D eigenvalue weighted by atomic mass is 16.5. The molecule has 0 aromatic carbocycles. The topological polar surface area (TPSA) is 50.4 Å². The number of ether oxygens (including phenoxy) is 1. The van der Waals surface area contributed by atoms with E-state index in [4.69, 9.17) is 4.74 Å². The van der Waals surface area contributed by atoms with Gasteiger partial charge in [-0.15, -0.1) is 0 Å². The van der Waals surface area contributed by atoms with Crippen molar-refractivity contribution in [3.05, 3.63) is 0 Å². The number of amides is 1. The van der Waals surface area contributed by atoms with Crippen LogP contribution >= 0.6 is 0 Å². The Morgan fingerprint density at radius 1 is 1.44 bits per heavy atom. The molecule has 1 amide bonds. The summed E-state index contributed by atoms with van der Waals surface area (Å²) in [6, 6.07) is 0. The van der Waals surface area contributed by atoms with E-state index in [0.717, 1.165) is 25.9 Å². The molecule has 1 aliphatic heterocycles. The molecule has 1 fully saturated rings. The molecule has 0 aliphatic carbocycles. The Labute approximate surface area is 98.1 Å². The third kappa shape index (κ3) is 3.46. The zero-order valence-electron chi connectivity index (χ0n) is 10.9. The number of carbonyl (C=O) groups excluding carboxylic acids is 1. The van der Waals surface area contributed by atoms with Crippen molar-refractivity contribution in [2.45, 2.75) is 39.2 Å². The van der Waals surface area contributed by atoms with Gasteiger partial charge in [-0.05, 0) is 39.8 Å². The molecule has 0 bridgehead atoms. The van der Waals surface area contributed by atoms with Crippen LogP contribution in [0.1, 0.15) is 33.6 Å². The van der Waals surface area contributed by atoms with E-state index >= 15 is 0 Å². The van der Waals surface area contributed by atoms with Crippen molar-refractivity contribution in [2.75, 3.05) is 26.7 Å². The highest BCUT2D eigenvalue weighted by molar-refractivity contribution is 5.82. The van der Waals surface area contributed by atoms with Crippen molar-refractivity contribution < 1.29 is 9.53 Å². The number of methoxy groups -OCH3 is 1. The molecule has 2 N–H and O–H groups in total. The highest BCUT2D eigenvalue weighted by Gasteiger charge is 2.35.